The second-order valence-electron chi connectivity index (χ2n) is 5.27. The molecule has 0 spiro atoms. The summed E-state index contributed by atoms with van der Waals surface area (Å²) < 4.78 is 12.5. The minimum atomic E-state index is -1.28. The first kappa shape index (κ1) is 16.2. The molecule has 0 amide bonds. The van der Waals surface area contributed by atoms with Crippen molar-refractivity contribution in [2.45, 2.75) is 25.1 Å². The molecule has 2 rings (SSSR count). The van der Waals surface area contributed by atoms with Gasteiger partial charge in [-0.1, -0.05) is 30.4 Å². The molecule has 1 aromatic carbocycles. The molecule has 1 unspecified atom stereocenters. The molecular formula is C14H19N3O2S2. The third-order valence-corrected chi connectivity index (χ3v) is 4.90. The molecule has 0 saturated carbocycles. The summed E-state index contributed by atoms with van der Waals surface area (Å²) in [6.07, 6.45) is 0. The molecule has 114 valence electrons. The van der Waals surface area contributed by atoms with Gasteiger partial charge in [0, 0.05) is 29.0 Å². The Balaban J connectivity index is 2.08. The number of aliphatic imine (C=N–C) groups is 1. The maximum Gasteiger partial charge on any atom is 0.318 e. The van der Waals surface area contributed by atoms with Crippen LogP contribution in [0.4, 0.5) is 5.69 Å². The van der Waals surface area contributed by atoms with E-state index in [1.54, 1.807) is 0 Å². The summed E-state index contributed by atoms with van der Waals surface area (Å²) >= 11 is 3.89. The number of nitrogens with zero attached hydrogens (tertiary/aromatic N) is 1. The highest BCUT2D eigenvalue weighted by molar-refractivity contribution is 8.05. The van der Waals surface area contributed by atoms with Crippen molar-refractivity contribution in [2.24, 2.45) is 4.99 Å². The molecule has 0 aliphatic carbocycles. The fraction of sp³-hybridized carbons (Fsp3) is 0.429. The Labute approximate surface area is 133 Å². The van der Waals surface area contributed by atoms with Gasteiger partial charge in [-0.05, 0) is 19.9 Å². The summed E-state index contributed by atoms with van der Waals surface area (Å²) in [4.78, 5) is 4.73. The van der Waals surface area contributed by atoms with Gasteiger partial charge in [-0.3, -0.25) is 0 Å². The first-order chi connectivity index (χ1) is 9.94. The highest BCUT2D eigenvalue weighted by Gasteiger charge is 2.36. The lowest BCUT2D eigenvalue weighted by molar-refractivity contribution is 0.311. The van der Waals surface area contributed by atoms with Gasteiger partial charge in [-0.25, -0.2) is 0 Å². The van der Waals surface area contributed by atoms with E-state index in [9.17, 15) is 4.55 Å². The van der Waals surface area contributed by atoms with Crippen LogP contribution in [0.1, 0.15) is 19.4 Å². The molecule has 1 aromatic rings. The fourth-order valence-corrected chi connectivity index (χ4v) is 3.34. The second kappa shape index (κ2) is 6.74. The van der Waals surface area contributed by atoms with Crippen molar-refractivity contribution >= 4 is 39.2 Å². The highest BCUT2D eigenvalue weighted by Crippen LogP contribution is 2.21. The standard InChI is InChI=1S/C14H19N3O2S2/c1-14(2)12(20)16-13(17-14)21(19)9-10-5-3-4-6-11(10)15-7-8-18/h3-6,15,18H,7-9H2,1-2H3,(H,16,17,20). The lowest BCUT2D eigenvalue weighted by Gasteiger charge is -2.19. The van der Waals surface area contributed by atoms with E-state index in [4.69, 9.17) is 17.3 Å². The monoisotopic (exact) mass is 325 g/mol. The Morgan fingerprint density at radius 3 is 2.76 bits per heavy atom. The van der Waals surface area contributed by atoms with Gasteiger partial charge in [0.1, 0.15) is 10.7 Å². The molecule has 1 heterocycles. The van der Waals surface area contributed by atoms with Crippen LogP contribution in [0.3, 0.4) is 0 Å². The van der Waals surface area contributed by atoms with Gasteiger partial charge in [-0.2, -0.15) is 4.99 Å². The second-order valence-corrected chi connectivity index (χ2v) is 7.02. The third kappa shape index (κ3) is 3.94. The maximum atomic E-state index is 12.5. The van der Waals surface area contributed by atoms with E-state index >= 15 is 0 Å². The number of hydrogen-bond acceptors (Lipinski definition) is 5. The van der Waals surface area contributed by atoms with E-state index in [1.165, 1.54) is 0 Å². The zero-order valence-electron chi connectivity index (χ0n) is 12.0. The van der Waals surface area contributed by atoms with Crippen LogP contribution in [0.2, 0.25) is 0 Å². The van der Waals surface area contributed by atoms with Gasteiger partial charge in [0.15, 0.2) is 0 Å². The number of para-hydroxylation sites is 1. The maximum absolute atomic E-state index is 12.5. The lowest BCUT2D eigenvalue weighted by atomic mass is 10.1. The molecule has 21 heavy (non-hydrogen) atoms. The van der Waals surface area contributed by atoms with Crippen LogP contribution in [0.15, 0.2) is 29.3 Å². The van der Waals surface area contributed by atoms with Crippen molar-refractivity contribution in [1.29, 1.82) is 0 Å². The van der Waals surface area contributed by atoms with E-state index in [2.05, 4.69) is 15.6 Å². The van der Waals surface area contributed by atoms with Crippen LogP contribution >= 0.6 is 12.2 Å². The SMILES string of the molecule is CC1(C)NC([S+]([O-])Cc2ccccc2NCCO)=NC1=S. The molecule has 0 radical (unpaired) electrons. The van der Waals surface area contributed by atoms with Gasteiger partial charge in [0.25, 0.3) is 0 Å². The van der Waals surface area contributed by atoms with Gasteiger partial charge in [0.2, 0.25) is 0 Å². The van der Waals surface area contributed by atoms with Gasteiger partial charge >= 0.3 is 5.17 Å². The average Bonchev–Trinajstić information content (AvgIpc) is 2.72. The number of aliphatic hydroxyl groups is 1. The van der Waals surface area contributed by atoms with E-state index in [1.807, 2.05) is 38.1 Å². The molecular weight excluding hydrogens is 306 g/mol. The van der Waals surface area contributed by atoms with Crippen molar-refractivity contribution in [3.8, 4) is 0 Å². The first-order valence-electron chi connectivity index (χ1n) is 6.66. The number of nitrogens with one attached hydrogen (secondary N) is 2. The Morgan fingerprint density at radius 2 is 2.14 bits per heavy atom. The van der Waals surface area contributed by atoms with Gasteiger partial charge < -0.3 is 20.3 Å². The predicted molar refractivity (Wildman–Crippen MR) is 91.1 cm³/mol. The zero-order valence-corrected chi connectivity index (χ0v) is 13.7. The number of amidine groups is 1. The number of rotatable bonds is 5. The van der Waals surface area contributed by atoms with Crippen molar-refractivity contribution in [1.82, 2.24) is 5.32 Å². The van der Waals surface area contributed by atoms with Crippen molar-refractivity contribution in [3.63, 3.8) is 0 Å². The summed E-state index contributed by atoms with van der Waals surface area (Å²) in [6, 6.07) is 7.61. The topological polar surface area (TPSA) is 79.7 Å². The smallest absolute Gasteiger partial charge is 0.318 e. The molecule has 0 bridgehead atoms. The average molecular weight is 325 g/mol. The van der Waals surface area contributed by atoms with Crippen molar-refractivity contribution in [3.05, 3.63) is 29.8 Å². The largest absolute Gasteiger partial charge is 0.609 e. The number of benzene rings is 1. The summed E-state index contributed by atoms with van der Waals surface area (Å²) in [5.41, 5.74) is 1.37. The predicted octanol–water partition coefficient (Wildman–Crippen LogP) is 1.40. The number of hydrogen-bond donors (Lipinski definition) is 3. The number of thiocarbonyl (C=S) groups is 1. The van der Waals surface area contributed by atoms with Crippen molar-refractivity contribution < 1.29 is 9.66 Å². The summed E-state index contributed by atoms with van der Waals surface area (Å²) in [5, 5.41) is 15.6. The quantitative estimate of drug-likeness (QED) is 0.563. The molecule has 3 N–H and O–H groups in total. The first-order valence-corrected chi connectivity index (χ1v) is 8.39. The molecule has 0 saturated heterocycles. The van der Waals surface area contributed by atoms with Crippen LogP contribution in [-0.2, 0) is 16.9 Å². The summed E-state index contributed by atoms with van der Waals surface area (Å²) in [5.74, 6) is 0.346. The molecule has 7 heteroatoms. The van der Waals surface area contributed by atoms with Crippen LogP contribution in [0, 0.1) is 0 Å². The van der Waals surface area contributed by atoms with Crippen LogP contribution in [0.5, 0.6) is 0 Å². The van der Waals surface area contributed by atoms with E-state index in [0.29, 0.717) is 22.5 Å². The highest BCUT2D eigenvalue weighted by atomic mass is 32.2. The lowest BCUT2D eigenvalue weighted by Crippen LogP contribution is -2.44. The Bertz CT molecular complexity index is 561. The van der Waals surface area contributed by atoms with Crippen LogP contribution in [-0.4, -0.2) is 38.5 Å². The summed E-state index contributed by atoms with van der Waals surface area (Å²) in [6.45, 7) is 4.34. The Morgan fingerprint density at radius 1 is 1.43 bits per heavy atom. The molecule has 1 aliphatic heterocycles. The Hall–Kier alpha value is -1.15. The molecule has 1 atom stereocenters. The minimum Gasteiger partial charge on any atom is -0.609 e. The summed E-state index contributed by atoms with van der Waals surface area (Å²) in [7, 11) is 0. The normalized spacial score (nSPS) is 18.1. The van der Waals surface area contributed by atoms with E-state index in [-0.39, 0.29) is 6.61 Å². The molecule has 0 aromatic heterocycles. The molecule has 0 fully saturated rings. The third-order valence-electron chi connectivity index (χ3n) is 3.10. The van der Waals surface area contributed by atoms with Crippen molar-refractivity contribution in [2.75, 3.05) is 18.5 Å². The zero-order chi connectivity index (χ0) is 15.5. The van der Waals surface area contributed by atoms with E-state index in [0.717, 1.165) is 11.3 Å². The van der Waals surface area contributed by atoms with Crippen LogP contribution in [0.25, 0.3) is 0 Å². The van der Waals surface area contributed by atoms with Gasteiger partial charge in [0.05, 0.1) is 12.1 Å². The molecule has 5 nitrogen and oxygen atoms in total. The van der Waals surface area contributed by atoms with E-state index < -0.39 is 16.7 Å². The van der Waals surface area contributed by atoms with Crippen LogP contribution < -0.4 is 10.6 Å². The van der Waals surface area contributed by atoms with Gasteiger partial charge in [-0.15, -0.1) is 0 Å². The Kier molecular flexibility index (Phi) is 5.21. The minimum absolute atomic E-state index is 0.0497. The molecule has 1 aliphatic rings. The number of aliphatic hydroxyl groups excluding tert-OH is 1. The number of anilines is 1. The fourth-order valence-electron chi connectivity index (χ4n) is 1.91.